The number of amides is 1. The van der Waals surface area contributed by atoms with E-state index in [4.69, 9.17) is 9.47 Å². The number of halogens is 3. The summed E-state index contributed by atoms with van der Waals surface area (Å²) < 4.78 is 52.2. The first-order valence-corrected chi connectivity index (χ1v) is 7.56. The molecule has 9 heteroatoms. The number of aromatic nitrogens is 2. The topological polar surface area (TPSA) is 56.6 Å². The zero-order valence-electron chi connectivity index (χ0n) is 12.5. The Morgan fingerprint density at radius 2 is 2.22 bits per heavy atom. The third-order valence-electron chi connectivity index (χ3n) is 4.07. The number of anilines is 1. The fourth-order valence-electron chi connectivity index (χ4n) is 2.94. The number of ether oxygens (including phenoxy) is 2. The van der Waals surface area contributed by atoms with Crippen LogP contribution in [0.1, 0.15) is 12.8 Å². The van der Waals surface area contributed by atoms with E-state index in [9.17, 15) is 18.0 Å². The minimum absolute atomic E-state index is 0.0811. The number of alkyl halides is 3. The van der Waals surface area contributed by atoms with E-state index in [1.54, 1.807) is 10.7 Å². The second kappa shape index (κ2) is 6.48. The van der Waals surface area contributed by atoms with E-state index in [-0.39, 0.29) is 19.8 Å². The second-order valence-corrected chi connectivity index (χ2v) is 5.65. The van der Waals surface area contributed by atoms with E-state index in [1.165, 1.54) is 11.1 Å². The van der Waals surface area contributed by atoms with Crippen molar-refractivity contribution in [3.63, 3.8) is 0 Å². The summed E-state index contributed by atoms with van der Waals surface area (Å²) in [4.78, 5) is 13.7. The van der Waals surface area contributed by atoms with Crippen LogP contribution >= 0.6 is 0 Å². The van der Waals surface area contributed by atoms with Gasteiger partial charge in [-0.3, -0.25) is 9.69 Å². The molecule has 0 radical (unpaired) electrons. The molecule has 0 saturated carbocycles. The van der Waals surface area contributed by atoms with Gasteiger partial charge in [-0.2, -0.15) is 18.3 Å². The highest BCUT2D eigenvalue weighted by Gasteiger charge is 2.48. The average Bonchev–Trinajstić information content (AvgIpc) is 3.00. The molecule has 3 heterocycles. The Kier molecular flexibility index (Phi) is 4.58. The zero-order chi connectivity index (χ0) is 16.4. The summed E-state index contributed by atoms with van der Waals surface area (Å²) >= 11 is 0. The van der Waals surface area contributed by atoms with Crippen molar-refractivity contribution in [3.8, 4) is 0 Å². The van der Waals surface area contributed by atoms with E-state index >= 15 is 0 Å². The van der Waals surface area contributed by atoms with Crippen LogP contribution in [0.15, 0.2) is 12.3 Å². The number of carbonyl (C=O) groups is 1. The average molecular weight is 333 g/mol. The van der Waals surface area contributed by atoms with Gasteiger partial charge in [0.25, 0.3) is 0 Å². The highest BCUT2D eigenvalue weighted by atomic mass is 19.4. The second-order valence-electron chi connectivity index (χ2n) is 5.65. The largest absolute Gasteiger partial charge is 0.400 e. The first-order valence-electron chi connectivity index (χ1n) is 7.56. The lowest BCUT2D eigenvalue weighted by atomic mass is 9.98. The molecular formula is C14H18F3N3O3. The highest BCUT2D eigenvalue weighted by molar-refractivity contribution is 5.95. The number of carbonyl (C=O) groups excluding carboxylic acids is 1. The first-order chi connectivity index (χ1) is 11.0. The van der Waals surface area contributed by atoms with Crippen molar-refractivity contribution in [3.05, 3.63) is 12.3 Å². The summed E-state index contributed by atoms with van der Waals surface area (Å²) in [5, 5.41) is 4.02. The zero-order valence-corrected chi connectivity index (χ0v) is 12.5. The van der Waals surface area contributed by atoms with Gasteiger partial charge in [0.05, 0.1) is 32.1 Å². The molecule has 2 atom stereocenters. The third-order valence-corrected chi connectivity index (χ3v) is 4.07. The minimum atomic E-state index is -4.62. The van der Waals surface area contributed by atoms with Gasteiger partial charge in [-0.05, 0) is 12.8 Å². The van der Waals surface area contributed by atoms with Gasteiger partial charge in [0, 0.05) is 19.2 Å². The van der Waals surface area contributed by atoms with Crippen LogP contribution in [0.25, 0.3) is 0 Å². The van der Waals surface area contributed by atoms with Gasteiger partial charge in [0.15, 0.2) is 0 Å². The van der Waals surface area contributed by atoms with E-state index in [2.05, 4.69) is 5.10 Å². The van der Waals surface area contributed by atoms with Crippen LogP contribution in [0.5, 0.6) is 0 Å². The molecule has 2 aliphatic heterocycles. The molecule has 6 nitrogen and oxygen atoms in total. The maximum Gasteiger partial charge on any atom is 0.400 e. The molecule has 1 fully saturated rings. The number of hydrogen-bond donors (Lipinski definition) is 0. The van der Waals surface area contributed by atoms with E-state index < -0.39 is 30.5 Å². The Bertz CT molecular complexity index is 555. The third kappa shape index (κ3) is 3.50. The molecule has 1 saturated heterocycles. The van der Waals surface area contributed by atoms with Gasteiger partial charge in [-0.15, -0.1) is 0 Å². The van der Waals surface area contributed by atoms with Gasteiger partial charge in [-0.1, -0.05) is 0 Å². The lowest BCUT2D eigenvalue weighted by Crippen LogP contribution is -2.47. The molecule has 1 aromatic rings. The van der Waals surface area contributed by atoms with Crippen molar-refractivity contribution in [2.24, 2.45) is 5.92 Å². The van der Waals surface area contributed by atoms with E-state index in [1.807, 2.05) is 0 Å². The molecule has 1 aromatic heterocycles. The molecular weight excluding hydrogens is 315 g/mol. The van der Waals surface area contributed by atoms with E-state index in [0.717, 1.165) is 0 Å². The Hall–Kier alpha value is -1.61. The summed E-state index contributed by atoms with van der Waals surface area (Å²) in [6.45, 7) is 1.56. The van der Waals surface area contributed by atoms with Gasteiger partial charge >= 0.3 is 6.18 Å². The van der Waals surface area contributed by atoms with Crippen LogP contribution in [-0.2, 0) is 20.8 Å². The normalized spacial score (nSPS) is 23.4. The van der Waals surface area contributed by atoms with Crippen molar-refractivity contribution >= 4 is 11.7 Å². The fraction of sp³-hybridized carbons (Fsp3) is 0.714. The summed E-state index contributed by atoms with van der Waals surface area (Å²) in [6, 6.07) is 1.56. The number of fused-ring (bicyclic) bond motifs is 1. The number of hydrogen-bond acceptors (Lipinski definition) is 4. The molecule has 2 unspecified atom stereocenters. The van der Waals surface area contributed by atoms with Crippen LogP contribution in [-0.4, -0.2) is 54.3 Å². The Balaban J connectivity index is 1.78. The highest BCUT2D eigenvalue weighted by Crippen LogP contribution is 2.34. The maximum absolute atomic E-state index is 13.4. The van der Waals surface area contributed by atoms with Crippen molar-refractivity contribution in [1.82, 2.24) is 9.78 Å². The van der Waals surface area contributed by atoms with Crippen LogP contribution in [0, 0.1) is 5.92 Å². The van der Waals surface area contributed by atoms with Crippen LogP contribution in [0.4, 0.5) is 19.0 Å². The summed E-state index contributed by atoms with van der Waals surface area (Å²) in [5.41, 5.74) is 0. The number of aryl methyl sites for hydroxylation is 1. The summed E-state index contributed by atoms with van der Waals surface area (Å²) in [6.07, 6.45) is -3.70. The smallest absolute Gasteiger partial charge is 0.376 e. The predicted molar refractivity (Wildman–Crippen MR) is 73.9 cm³/mol. The quantitative estimate of drug-likeness (QED) is 0.843. The van der Waals surface area contributed by atoms with Crippen molar-refractivity contribution < 1.29 is 27.4 Å². The molecule has 1 amide bonds. The number of rotatable bonds is 3. The molecule has 0 spiro atoms. The fourth-order valence-corrected chi connectivity index (χ4v) is 2.94. The lowest BCUT2D eigenvalue weighted by Gasteiger charge is -2.33. The lowest BCUT2D eigenvalue weighted by molar-refractivity contribution is -0.194. The molecule has 128 valence electrons. The SMILES string of the molecule is O=C(C(CC1COCCO1)C(F)(F)F)N1CCCn2nccc21. The van der Waals surface area contributed by atoms with E-state index in [0.29, 0.717) is 25.4 Å². The van der Waals surface area contributed by atoms with Crippen molar-refractivity contribution in [2.75, 3.05) is 31.3 Å². The Morgan fingerprint density at radius 1 is 1.39 bits per heavy atom. The standard InChI is InChI=1S/C14H18F3N3O3/c15-14(16,17)11(8-10-9-22-6-7-23-10)13(21)19-4-1-5-20-12(19)2-3-18-20/h2-3,10-11H,1,4-9H2. The molecule has 3 rings (SSSR count). The summed E-state index contributed by atoms with van der Waals surface area (Å²) in [7, 11) is 0. The minimum Gasteiger partial charge on any atom is -0.376 e. The summed E-state index contributed by atoms with van der Waals surface area (Å²) in [5.74, 6) is -2.64. The van der Waals surface area contributed by atoms with Crippen molar-refractivity contribution in [1.29, 1.82) is 0 Å². The monoisotopic (exact) mass is 333 g/mol. The van der Waals surface area contributed by atoms with Gasteiger partial charge in [0.2, 0.25) is 5.91 Å². The predicted octanol–water partition coefficient (Wildman–Crippen LogP) is 1.60. The molecule has 0 aliphatic carbocycles. The molecule has 0 N–H and O–H groups in total. The molecule has 23 heavy (non-hydrogen) atoms. The van der Waals surface area contributed by atoms with Gasteiger partial charge in [0.1, 0.15) is 11.7 Å². The maximum atomic E-state index is 13.4. The first kappa shape index (κ1) is 16.3. The van der Waals surface area contributed by atoms with Crippen molar-refractivity contribution in [2.45, 2.75) is 31.7 Å². The van der Waals surface area contributed by atoms with Crippen LogP contribution < -0.4 is 4.90 Å². The molecule has 0 aromatic carbocycles. The van der Waals surface area contributed by atoms with Crippen LogP contribution in [0.2, 0.25) is 0 Å². The Labute approximate surface area is 131 Å². The molecule has 0 bridgehead atoms. The Morgan fingerprint density at radius 3 is 2.91 bits per heavy atom. The molecule has 2 aliphatic rings. The van der Waals surface area contributed by atoms with Gasteiger partial charge in [-0.25, -0.2) is 4.68 Å². The van der Waals surface area contributed by atoms with Gasteiger partial charge < -0.3 is 9.47 Å². The van der Waals surface area contributed by atoms with Crippen LogP contribution in [0.3, 0.4) is 0 Å². The number of nitrogens with zero attached hydrogens (tertiary/aromatic N) is 3.